The maximum absolute atomic E-state index is 12.9. The van der Waals surface area contributed by atoms with E-state index >= 15 is 0 Å². The summed E-state index contributed by atoms with van der Waals surface area (Å²) in [5, 5.41) is 3.83. The predicted octanol–water partition coefficient (Wildman–Crippen LogP) is 4.33. The molecule has 4 rings (SSSR count). The van der Waals surface area contributed by atoms with Crippen molar-refractivity contribution in [1.82, 2.24) is 19.9 Å². The van der Waals surface area contributed by atoms with Gasteiger partial charge in [-0.25, -0.2) is 0 Å². The Balaban J connectivity index is 1.36. The van der Waals surface area contributed by atoms with E-state index in [0.29, 0.717) is 44.2 Å². The van der Waals surface area contributed by atoms with Crippen LogP contribution in [0.4, 0.5) is 13.2 Å². The molecule has 32 heavy (non-hydrogen) atoms. The summed E-state index contributed by atoms with van der Waals surface area (Å²) in [5.41, 5.74) is 2.29. The summed E-state index contributed by atoms with van der Waals surface area (Å²) in [7, 11) is 0. The Morgan fingerprint density at radius 2 is 1.72 bits per heavy atom. The summed E-state index contributed by atoms with van der Waals surface area (Å²) in [4.78, 5) is 21.0. The number of aromatic nitrogens is 2. The number of hydrogen-bond donors (Lipinski definition) is 0. The van der Waals surface area contributed by atoms with Gasteiger partial charge in [-0.2, -0.15) is 18.2 Å². The molecule has 1 saturated heterocycles. The fourth-order valence-corrected chi connectivity index (χ4v) is 3.85. The van der Waals surface area contributed by atoms with Crippen molar-refractivity contribution in [2.75, 3.05) is 26.2 Å². The molecule has 0 saturated carbocycles. The number of nitrogens with zero attached hydrogens (tertiary/aromatic N) is 4. The van der Waals surface area contributed by atoms with Crippen LogP contribution in [0.15, 0.2) is 47.0 Å². The van der Waals surface area contributed by atoms with Crippen molar-refractivity contribution in [3.05, 3.63) is 70.6 Å². The first kappa shape index (κ1) is 22.0. The van der Waals surface area contributed by atoms with E-state index in [1.54, 1.807) is 0 Å². The van der Waals surface area contributed by atoms with Crippen molar-refractivity contribution < 1.29 is 22.5 Å². The van der Waals surface area contributed by atoms with Gasteiger partial charge in [-0.1, -0.05) is 34.5 Å². The Labute approximate surface area is 183 Å². The molecule has 0 unspecified atom stereocenters. The molecule has 168 valence electrons. The number of alkyl halides is 3. The molecular formula is C23H23F3N4O2. The van der Waals surface area contributed by atoms with E-state index in [1.807, 2.05) is 36.9 Å². The second-order valence-electron chi connectivity index (χ2n) is 8.04. The van der Waals surface area contributed by atoms with E-state index in [9.17, 15) is 18.0 Å². The van der Waals surface area contributed by atoms with Crippen LogP contribution >= 0.6 is 0 Å². The number of rotatable bonds is 4. The van der Waals surface area contributed by atoms with Crippen molar-refractivity contribution in [3.8, 4) is 11.4 Å². The summed E-state index contributed by atoms with van der Waals surface area (Å²) in [5.74, 6) is 0.460. The Morgan fingerprint density at radius 3 is 2.38 bits per heavy atom. The summed E-state index contributed by atoms with van der Waals surface area (Å²) >= 11 is 0. The maximum Gasteiger partial charge on any atom is 0.416 e. The smallest absolute Gasteiger partial charge is 0.338 e. The molecule has 0 radical (unpaired) electrons. The van der Waals surface area contributed by atoms with Crippen molar-refractivity contribution in [1.29, 1.82) is 0 Å². The van der Waals surface area contributed by atoms with Crippen LogP contribution in [-0.4, -0.2) is 52.0 Å². The highest BCUT2D eigenvalue weighted by molar-refractivity contribution is 5.94. The molecule has 0 atom stereocenters. The number of carbonyl (C=O) groups is 1. The van der Waals surface area contributed by atoms with Gasteiger partial charge in [0.2, 0.25) is 11.7 Å². The van der Waals surface area contributed by atoms with E-state index in [1.165, 1.54) is 12.1 Å². The number of aryl methyl sites for hydroxylation is 2. The molecule has 0 bridgehead atoms. The Hall–Kier alpha value is -3.20. The molecule has 2 aromatic carbocycles. The molecule has 6 nitrogen and oxygen atoms in total. The van der Waals surface area contributed by atoms with E-state index in [0.717, 1.165) is 23.3 Å². The molecule has 0 aliphatic carbocycles. The number of carbonyl (C=O) groups excluding carboxylic acids is 1. The zero-order valence-corrected chi connectivity index (χ0v) is 17.8. The minimum Gasteiger partial charge on any atom is -0.338 e. The zero-order chi connectivity index (χ0) is 22.9. The number of halogens is 3. The van der Waals surface area contributed by atoms with Crippen molar-refractivity contribution in [2.24, 2.45) is 0 Å². The normalized spacial score (nSPS) is 15.2. The van der Waals surface area contributed by atoms with Crippen molar-refractivity contribution >= 4 is 5.91 Å². The molecule has 1 aliphatic heterocycles. The predicted molar refractivity (Wildman–Crippen MR) is 112 cm³/mol. The minimum atomic E-state index is -4.43. The standard InChI is InChI=1S/C23H23F3N4O2/c1-15-10-16(2)12-18(11-15)22(31)30-8-6-29(7-9-30)14-20-27-21(28-32-20)17-4-3-5-19(13-17)23(24,25)26/h3-5,10-13H,6-9,14H2,1-2H3. The van der Waals surface area contributed by atoms with Gasteiger partial charge in [0.15, 0.2) is 0 Å². The summed E-state index contributed by atoms with van der Waals surface area (Å²) in [6, 6.07) is 10.7. The lowest BCUT2D eigenvalue weighted by Gasteiger charge is -2.34. The third-order valence-corrected chi connectivity index (χ3v) is 5.40. The third-order valence-electron chi connectivity index (χ3n) is 5.40. The number of benzene rings is 2. The van der Waals surface area contributed by atoms with E-state index in [4.69, 9.17) is 4.52 Å². The van der Waals surface area contributed by atoms with Crippen LogP contribution < -0.4 is 0 Å². The highest BCUT2D eigenvalue weighted by atomic mass is 19.4. The molecule has 2 heterocycles. The average Bonchev–Trinajstić information content (AvgIpc) is 3.21. The van der Waals surface area contributed by atoms with Crippen LogP contribution in [0.5, 0.6) is 0 Å². The molecular weight excluding hydrogens is 421 g/mol. The largest absolute Gasteiger partial charge is 0.416 e. The van der Waals surface area contributed by atoms with E-state index in [-0.39, 0.29) is 17.3 Å². The van der Waals surface area contributed by atoms with Gasteiger partial charge in [-0.15, -0.1) is 0 Å². The molecule has 3 aromatic rings. The molecule has 1 aliphatic rings. The van der Waals surface area contributed by atoms with Crippen LogP contribution in [0.3, 0.4) is 0 Å². The quantitative estimate of drug-likeness (QED) is 0.600. The average molecular weight is 444 g/mol. The van der Waals surface area contributed by atoms with Gasteiger partial charge >= 0.3 is 6.18 Å². The lowest BCUT2D eigenvalue weighted by Crippen LogP contribution is -2.48. The van der Waals surface area contributed by atoms with Gasteiger partial charge in [-0.3, -0.25) is 9.69 Å². The van der Waals surface area contributed by atoms with E-state index < -0.39 is 11.7 Å². The molecule has 0 spiro atoms. The molecule has 1 amide bonds. The lowest BCUT2D eigenvalue weighted by atomic mass is 10.1. The van der Waals surface area contributed by atoms with Crippen molar-refractivity contribution in [2.45, 2.75) is 26.6 Å². The highest BCUT2D eigenvalue weighted by Gasteiger charge is 2.31. The molecule has 0 N–H and O–H groups in total. The van der Waals surface area contributed by atoms with Gasteiger partial charge in [-0.05, 0) is 38.1 Å². The lowest BCUT2D eigenvalue weighted by molar-refractivity contribution is -0.137. The number of hydrogen-bond acceptors (Lipinski definition) is 5. The van der Waals surface area contributed by atoms with Crippen molar-refractivity contribution in [3.63, 3.8) is 0 Å². The van der Waals surface area contributed by atoms with Gasteiger partial charge in [0.05, 0.1) is 12.1 Å². The van der Waals surface area contributed by atoms with Gasteiger partial charge < -0.3 is 9.42 Å². The molecule has 1 aromatic heterocycles. The first-order valence-electron chi connectivity index (χ1n) is 10.3. The summed E-state index contributed by atoms with van der Waals surface area (Å²) in [6.07, 6.45) is -4.43. The third kappa shape index (κ3) is 4.99. The zero-order valence-electron chi connectivity index (χ0n) is 17.8. The number of amides is 1. The topological polar surface area (TPSA) is 62.5 Å². The summed E-state index contributed by atoms with van der Waals surface area (Å²) < 4.78 is 44.1. The van der Waals surface area contributed by atoms with Crippen LogP contribution in [-0.2, 0) is 12.7 Å². The van der Waals surface area contributed by atoms with Crippen LogP contribution in [0.25, 0.3) is 11.4 Å². The minimum absolute atomic E-state index is 0.0149. The summed E-state index contributed by atoms with van der Waals surface area (Å²) in [6.45, 7) is 6.73. The van der Waals surface area contributed by atoms with Crippen LogP contribution in [0.2, 0.25) is 0 Å². The molecule has 9 heteroatoms. The Kier molecular flexibility index (Phi) is 6.01. The monoisotopic (exact) mass is 444 g/mol. The van der Waals surface area contributed by atoms with E-state index in [2.05, 4.69) is 15.0 Å². The Bertz CT molecular complexity index is 1100. The van der Waals surface area contributed by atoms with Gasteiger partial charge in [0.25, 0.3) is 5.91 Å². The second kappa shape index (κ2) is 8.74. The maximum atomic E-state index is 12.9. The SMILES string of the molecule is Cc1cc(C)cc(C(=O)N2CCN(Cc3nc(-c4cccc(C(F)(F)F)c4)no3)CC2)c1. The van der Waals surface area contributed by atoms with Crippen LogP contribution in [0.1, 0.15) is 32.9 Å². The number of piperazine rings is 1. The first-order valence-corrected chi connectivity index (χ1v) is 10.3. The first-order chi connectivity index (χ1) is 15.2. The second-order valence-corrected chi connectivity index (χ2v) is 8.04. The fourth-order valence-electron chi connectivity index (χ4n) is 3.85. The van der Waals surface area contributed by atoms with Crippen LogP contribution in [0, 0.1) is 13.8 Å². The fraction of sp³-hybridized carbons (Fsp3) is 0.348. The van der Waals surface area contributed by atoms with Gasteiger partial charge in [0.1, 0.15) is 0 Å². The highest BCUT2D eigenvalue weighted by Crippen LogP contribution is 2.31. The van der Waals surface area contributed by atoms with Gasteiger partial charge in [0, 0.05) is 37.3 Å². The molecule has 1 fully saturated rings. The Morgan fingerprint density at radius 1 is 1.03 bits per heavy atom.